The van der Waals surface area contributed by atoms with E-state index in [0.29, 0.717) is 30.5 Å². The highest BCUT2D eigenvalue weighted by molar-refractivity contribution is 5.79. The zero-order valence-corrected chi connectivity index (χ0v) is 11.5. The van der Waals surface area contributed by atoms with E-state index < -0.39 is 0 Å². The van der Waals surface area contributed by atoms with Gasteiger partial charge in [0.05, 0.1) is 0 Å². The van der Waals surface area contributed by atoms with Crippen LogP contribution < -0.4 is 0 Å². The molecule has 1 atom stereocenters. The van der Waals surface area contributed by atoms with Crippen LogP contribution in [-0.4, -0.2) is 40.8 Å². The summed E-state index contributed by atoms with van der Waals surface area (Å²) in [6.07, 6.45) is 6.33. The number of carbonyl (C=O) groups excluding carboxylic acids is 1. The van der Waals surface area contributed by atoms with E-state index in [2.05, 4.69) is 23.0 Å². The fourth-order valence-electron chi connectivity index (χ4n) is 3.19. The van der Waals surface area contributed by atoms with Gasteiger partial charge in [0.2, 0.25) is 0 Å². The summed E-state index contributed by atoms with van der Waals surface area (Å²) in [5.41, 5.74) is 1.19. The van der Waals surface area contributed by atoms with Gasteiger partial charge in [0, 0.05) is 43.1 Å². The summed E-state index contributed by atoms with van der Waals surface area (Å²) in [7, 11) is 2.16. The second-order valence-electron chi connectivity index (χ2n) is 5.90. The quantitative estimate of drug-likeness (QED) is 0.816. The molecule has 2 heterocycles. The van der Waals surface area contributed by atoms with Gasteiger partial charge < -0.3 is 4.90 Å². The fourth-order valence-corrected chi connectivity index (χ4v) is 3.19. The lowest BCUT2D eigenvalue weighted by Gasteiger charge is -2.20. The van der Waals surface area contributed by atoms with Gasteiger partial charge >= 0.3 is 0 Å². The van der Waals surface area contributed by atoms with Gasteiger partial charge in [-0.2, -0.15) is 0 Å². The first-order valence-corrected chi connectivity index (χ1v) is 7.25. The molecule has 1 aromatic rings. The van der Waals surface area contributed by atoms with Crippen LogP contribution in [0, 0.1) is 0 Å². The monoisotopic (exact) mass is 259 g/mol. The van der Waals surface area contributed by atoms with Gasteiger partial charge in [-0.3, -0.25) is 4.79 Å². The Balaban J connectivity index is 1.74. The third-order valence-electron chi connectivity index (χ3n) is 4.41. The van der Waals surface area contributed by atoms with Crippen molar-refractivity contribution < 1.29 is 4.79 Å². The maximum Gasteiger partial charge on any atom is 0.132 e. The molecule has 3 rings (SSSR count). The minimum Gasteiger partial charge on any atom is -0.306 e. The van der Waals surface area contributed by atoms with E-state index >= 15 is 0 Å². The van der Waals surface area contributed by atoms with Crippen LogP contribution in [0.15, 0.2) is 12.3 Å². The number of Topliss-reactive ketones (excluding diaryl/α,β-unsaturated/α-hetero) is 1. The third-order valence-corrected chi connectivity index (χ3v) is 4.41. The normalized spacial score (nSPS) is 25.9. The van der Waals surface area contributed by atoms with Crippen LogP contribution in [0.25, 0.3) is 0 Å². The lowest BCUT2D eigenvalue weighted by molar-refractivity contribution is -0.120. The average Bonchev–Trinajstić information content (AvgIpc) is 2.86. The number of likely N-dealkylation sites (N-methyl/N-ethyl adjacent to an activating group) is 1. The number of aromatic nitrogens is 2. The van der Waals surface area contributed by atoms with Crippen molar-refractivity contribution in [2.45, 2.75) is 43.9 Å². The van der Waals surface area contributed by atoms with Crippen LogP contribution in [0.5, 0.6) is 0 Å². The predicted molar refractivity (Wildman–Crippen MR) is 73.1 cm³/mol. The zero-order chi connectivity index (χ0) is 13.2. The smallest absolute Gasteiger partial charge is 0.132 e. The van der Waals surface area contributed by atoms with Gasteiger partial charge in [-0.15, -0.1) is 0 Å². The Bertz CT molecular complexity index is 464. The highest BCUT2D eigenvalue weighted by Gasteiger charge is 2.25. The maximum atomic E-state index is 11.3. The van der Waals surface area contributed by atoms with Crippen LogP contribution in [0.3, 0.4) is 0 Å². The molecular weight excluding hydrogens is 238 g/mol. The number of nitrogens with zero attached hydrogens (tertiary/aromatic N) is 3. The van der Waals surface area contributed by atoms with Gasteiger partial charge in [-0.1, -0.05) is 0 Å². The zero-order valence-electron chi connectivity index (χ0n) is 11.5. The number of hydrogen-bond donors (Lipinski definition) is 0. The van der Waals surface area contributed by atoms with Crippen molar-refractivity contribution in [3.63, 3.8) is 0 Å². The van der Waals surface area contributed by atoms with E-state index in [0.717, 1.165) is 31.8 Å². The van der Waals surface area contributed by atoms with Gasteiger partial charge in [0.15, 0.2) is 0 Å². The summed E-state index contributed by atoms with van der Waals surface area (Å²) in [6, 6.07) is 2.06. The molecule has 2 aliphatic rings. The first-order valence-electron chi connectivity index (χ1n) is 7.25. The molecule has 0 radical (unpaired) electrons. The molecule has 1 aliphatic heterocycles. The molecule has 1 aliphatic carbocycles. The molecule has 0 amide bonds. The molecule has 1 unspecified atom stereocenters. The van der Waals surface area contributed by atoms with E-state index in [1.165, 1.54) is 12.1 Å². The molecule has 0 aromatic carbocycles. The maximum absolute atomic E-state index is 11.3. The van der Waals surface area contributed by atoms with Crippen molar-refractivity contribution in [1.82, 2.24) is 14.9 Å². The summed E-state index contributed by atoms with van der Waals surface area (Å²) >= 11 is 0. The van der Waals surface area contributed by atoms with E-state index in [1.54, 1.807) is 0 Å². The topological polar surface area (TPSA) is 46.1 Å². The lowest BCUT2D eigenvalue weighted by Crippen LogP contribution is -2.17. The molecule has 4 heteroatoms. The second-order valence-corrected chi connectivity index (χ2v) is 5.90. The molecule has 1 aromatic heterocycles. The molecule has 102 valence electrons. The van der Waals surface area contributed by atoms with E-state index in [1.807, 2.05) is 6.20 Å². The highest BCUT2D eigenvalue weighted by atomic mass is 16.1. The van der Waals surface area contributed by atoms with Gasteiger partial charge in [-0.25, -0.2) is 9.97 Å². The van der Waals surface area contributed by atoms with Crippen molar-refractivity contribution in [3.8, 4) is 0 Å². The molecule has 4 nitrogen and oxygen atoms in total. The van der Waals surface area contributed by atoms with Crippen molar-refractivity contribution in [2.24, 2.45) is 0 Å². The molecule has 2 fully saturated rings. The van der Waals surface area contributed by atoms with E-state index in [4.69, 9.17) is 4.98 Å². The summed E-state index contributed by atoms with van der Waals surface area (Å²) in [4.78, 5) is 22.9. The Morgan fingerprint density at radius 1 is 1.21 bits per heavy atom. The van der Waals surface area contributed by atoms with Gasteiger partial charge in [0.1, 0.15) is 11.6 Å². The van der Waals surface area contributed by atoms with Crippen LogP contribution in [0.4, 0.5) is 0 Å². The molecular formula is C15H21N3O. The van der Waals surface area contributed by atoms with Crippen molar-refractivity contribution >= 4 is 5.78 Å². The Morgan fingerprint density at radius 3 is 2.68 bits per heavy atom. The summed E-state index contributed by atoms with van der Waals surface area (Å²) in [5.74, 6) is 2.29. The van der Waals surface area contributed by atoms with Crippen LogP contribution in [0.2, 0.25) is 0 Å². The summed E-state index contributed by atoms with van der Waals surface area (Å²) < 4.78 is 0. The van der Waals surface area contributed by atoms with Gasteiger partial charge in [0.25, 0.3) is 0 Å². The number of ketones is 1. The van der Waals surface area contributed by atoms with E-state index in [9.17, 15) is 4.79 Å². The second kappa shape index (κ2) is 5.37. The summed E-state index contributed by atoms with van der Waals surface area (Å²) in [5, 5.41) is 0. The average molecular weight is 259 g/mol. The fraction of sp³-hybridized carbons (Fsp3) is 0.667. The standard InChI is InChI=1S/C15H21N3O/c1-18-9-7-12(10-18)14-6-8-16-15(17-14)11-2-4-13(19)5-3-11/h6,8,11-12H,2-5,7,9-10H2,1H3. The SMILES string of the molecule is CN1CCC(c2ccnc(C3CCC(=O)CC3)n2)C1. The van der Waals surface area contributed by atoms with Crippen molar-refractivity contribution in [3.05, 3.63) is 23.8 Å². The minimum absolute atomic E-state index is 0.386. The Kier molecular flexibility index (Phi) is 3.60. The Hall–Kier alpha value is -1.29. The van der Waals surface area contributed by atoms with E-state index in [-0.39, 0.29) is 0 Å². The number of carbonyl (C=O) groups is 1. The third kappa shape index (κ3) is 2.84. The lowest BCUT2D eigenvalue weighted by atomic mass is 9.87. The Labute approximate surface area is 114 Å². The predicted octanol–water partition coefficient (Wildman–Crippen LogP) is 2.12. The Morgan fingerprint density at radius 2 is 2.00 bits per heavy atom. The van der Waals surface area contributed by atoms with Crippen molar-refractivity contribution in [1.29, 1.82) is 0 Å². The molecule has 1 saturated heterocycles. The molecule has 0 N–H and O–H groups in total. The van der Waals surface area contributed by atoms with Crippen LogP contribution in [0.1, 0.15) is 55.5 Å². The van der Waals surface area contributed by atoms with Crippen LogP contribution in [-0.2, 0) is 4.79 Å². The first-order chi connectivity index (χ1) is 9.22. The number of likely N-dealkylation sites (tertiary alicyclic amines) is 1. The highest BCUT2D eigenvalue weighted by Crippen LogP contribution is 2.30. The molecule has 1 saturated carbocycles. The minimum atomic E-state index is 0.386. The molecule has 0 bridgehead atoms. The number of rotatable bonds is 2. The molecule has 19 heavy (non-hydrogen) atoms. The molecule has 0 spiro atoms. The first kappa shape index (κ1) is 12.7. The van der Waals surface area contributed by atoms with Crippen LogP contribution >= 0.6 is 0 Å². The summed E-state index contributed by atoms with van der Waals surface area (Å²) in [6.45, 7) is 2.25. The largest absolute Gasteiger partial charge is 0.306 e. The van der Waals surface area contributed by atoms with Crippen molar-refractivity contribution in [2.75, 3.05) is 20.1 Å². The van der Waals surface area contributed by atoms with Gasteiger partial charge in [-0.05, 0) is 38.9 Å². The number of hydrogen-bond acceptors (Lipinski definition) is 4.